The van der Waals surface area contributed by atoms with Crippen LogP contribution in [0.4, 0.5) is 0 Å². The maximum atomic E-state index is 10.3. The molecule has 188 valence electrons. The molecule has 9 heteroatoms. The maximum absolute atomic E-state index is 10.3. The number of aliphatic hydroxyl groups excluding tert-OH is 2. The van der Waals surface area contributed by atoms with E-state index in [1.165, 1.54) is 0 Å². The Balaban J connectivity index is 1.62. The minimum Gasteiger partial charge on any atom is -0.491 e. The van der Waals surface area contributed by atoms with E-state index >= 15 is 0 Å². The Labute approximate surface area is 216 Å². The number of halogens is 3. The molecule has 2 atom stereocenters. The molecule has 2 aromatic rings. The summed E-state index contributed by atoms with van der Waals surface area (Å²) in [7, 11) is 0. The Hall–Kier alpha value is -1.25. The lowest BCUT2D eigenvalue weighted by Crippen LogP contribution is -2.42. The summed E-state index contributed by atoms with van der Waals surface area (Å²) in [4.78, 5) is 2.18. The van der Waals surface area contributed by atoms with Crippen molar-refractivity contribution in [2.24, 2.45) is 0 Å². The lowest BCUT2D eigenvalue weighted by atomic mass is 9.78. The molecule has 6 nitrogen and oxygen atoms in total. The van der Waals surface area contributed by atoms with Gasteiger partial charge in [-0.05, 0) is 35.4 Å². The van der Waals surface area contributed by atoms with Gasteiger partial charge in [-0.25, -0.2) is 0 Å². The Kier molecular flexibility index (Phi) is 10.2. The second kappa shape index (κ2) is 12.6. The van der Waals surface area contributed by atoms with Gasteiger partial charge in [0.1, 0.15) is 31.2 Å². The molecule has 0 bridgehead atoms. The summed E-state index contributed by atoms with van der Waals surface area (Å²) in [6.45, 7) is 8.03. The Morgan fingerprint density at radius 1 is 0.941 bits per heavy atom. The topological polar surface area (TPSA) is 71.4 Å². The van der Waals surface area contributed by atoms with Crippen molar-refractivity contribution < 1.29 is 24.4 Å². The number of rotatable bonds is 11. The second-order valence-corrected chi connectivity index (χ2v) is 10.0. The summed E-state index contributed by atoms with van der Waals surface area (Å²) in [6, 6.07) is 11.4. The van der Waals surface area contributed by atoms with Gasteiger partial charge < -0.3 is 24.4 Å². The predicted octanol–water partition coefficient (Wildman–Crippen LogP) is 4.37. The van der Waals surface area contributed by atoms with Crippen molar-refractivity contribution in [3.8, 4) is 11.5 Å². The minimum absolute atomic E-state index is 0.00822. The maximum Gasteiger partial charge on any atom is 0.156 e. The summed E-state index contributed by atoms with van der Waals surface area (Å²) in [6.07, 6.45) is -1.36. The van der Waals surface area contributed by atoms with Crippen LogP contribution in [0.5, 0.6) is 11.5 Å². The van der Waals surface area contributed by atoms with Crippen LogP contribution in [-0.2, 0) is 10.2 Å². The highest BCUT2D eigenvalue weighted by molar-refractivity contribution is 6.37. The van der Waals surface area contributed by atoms with Gasteiger partial charge in [-0.1, -0.05) is 49.2 Å². The van der Waals surface area contributed by atoms with E-state index in [0.717, 1.165) is 24.2 Å². The summed E-state index contributed by atoms with van der Waals surface area (Å²) in [5.41, 5.74) is 1.57. The largest absolute Gasteiger partial charge is 0.491 e. The van der Waals surface area contributed by atoms with E-state index in [2.05, 4.69) is 18.7 Å². The first kappa shape index (κ1) is 27.3. The fraction of sp³-hybridized carbons (Fsp3) is 0.520. The number of morpholine rings is 1. The Bertz CT molecular complexity index is 896. The molecule has 0 spiro atoms. The molecule has 2 N–H and O–H groups in total. The molecule has 2 aromatic carbocycles. The van der Waals surface area contributed by atoms with Crippen molar-refractivity contribution in [3.63, 3.8) is 0 Å². The third-order valence-corrected chi connectivity index (χ3v) is 6.83. The molecule has 0 radical (unpaired) electrons. The van der Waals surface area contributed by atoms with E-state index < -0.39 is 17.6 Å². The fourth-order valence-electron chi connectivity index (χ4n) is 3.74. The Morgan fingerprint density at radius 3 is 2.12 bits per heavy atom. The van der Waals surface area contributed by atoms with E-state index in [9.17, 15) is 10.2 Å². The highest BCUT2D eigenvalue weighted by atomic mass is 35.5. The summed E-state index contributed by atoms with van der Waals surface area (Å²) >= 11 is 18.5. The van der Waals surface area contributed by atoms with Gasteiger partial charge >= 0.3 is 0 Å². The van der Waals surface area contributed by atoms with E-state index in [1.807, 2.05) is 36.4 Å². The molecule has 1 saturated heterocycles. The number of nitrogens with zero attached hydrogens (tertiary/aromatic N) is 1. The average molecular weight is 533 g/mol. The van der Waals surface area contributed by atoms with Crippen molar-refractivity contribution in [3.05, 3.63) is 57.6 Å². The molecular weight excluding hydrogens is 501 g/mol. The molecule has 0 amide bonds. The van der Waals surface area contributed by atoms with Crippen molar-refractivity contribution in [2.75, 3.05) is 51.9 Å². The number of β-amino-alcohol motifs (C(OH)–C–C–N with tert-alkyl or cyclic N) is 1. The van der Waals surface area contributed by atoms with Crippen molar-refractivity contribution in [2.45, 2.75) is 31.5 Å². The molecule has 1 fully saturated rings. The number of benzene rings is 2. The molecule has 0 unspecified atom stereocenters. The summed E-state index contributed by atoms with van der Waals surface area (Å²) in [5, 5.41) is 20.6. The number of hydrogen-bond acceptors (Lipinski definition) is 6. The van der Waals surface area contributed by atoms with E-state index in [1.54, 1.807) is 0 Å². The first-order valence-corrected chi connectivity index (χ1v) is 12.6. The molecule has 1 aliphatic rings. The van der Waals surface area contributed by atoms with Crippen LogP contribution in [0.3, 0.4) is 0 Å². The van der Waals surface area contributed by atoms with Crippen LogP contribution in [0.25, 0.3) is 0 Å². The smallest absolute Gasteiger partial charge is 0.156 e. The molecule has 34 heavy (non-hydrogen) atoms. The van der Waals surface area contributed by atoms with Gasteiger partial charge in [0.05, 0.1) is 29.1 Å². The van der Waals surface area contributed by atoms with E-state index in [0.29, 0.717) is 41.3 Å². The van der Waals surface area contributed by atoms with Gasteiger partial charge in [-0.3, -0.25) is 4.90 Å². The third-order valence-electron chi connectivity index (χ3n) is 5.91. The van der Waals surface area contributed by atoms with Crippen LogP contribution in [0.15, 0.2) is 36.4 Å². The van der Waals surface area contributed by atoms with Crippen molar-refractivity contribution >= 4 is 34.8 Å². The van der Waals surface area contributed by atoms with Gasteiger partial charge in [0.2, 0.25) is 0 Å². The van der Waals surface area contributed by atoms with Gasteiger partial charge in [0, 0.05) is 25.0 Å². The predicted molar refractivity (Wildman–Crippen MR) is 136 cm³/mol. The molecule has 1 aliphatic heterocycles. The SMILES string of the molecule is CC(C)(c1ccc(OC[C@H](O)CN2CCOCC2)cc1)c1cc(Cl)c(OC[C@@H](O)CCl)c(Cl)c1. The fourth-order valence-corrected chi connectivity index (χ4v) is 4.43. The quantitative estimate of drug-likeness (QED) is 0.419. The lowest BCUT2D eigenvalue weighted by Gasteiger charge is -2.28. The Morgan fingerprint density at radius 2 is 1.53 bits per heavy atom. The van der Waals surface area contributed by atoms with Gasteiger partial charge in [0.15, 0.2) is 5.75 Å². The van der Waals surface area contributed by atoms with Crippen LogP contribution in [0, 0.1) is 0 Å². The number of hydrogen-bond donors (Lipinski definition) is 2. The van der Waals surface area contributed by atoms with Gasteiger partial charge in [0.25, 0.3) is 0 Å². The first-order valence-electron chi connectivity index (χ1n) is 11.3. The number of aliphatic hydroxyl groups is 2. The van der Waals surface area contributed by atoms with Crippen molar-refractivity contribution in [1.82, 2.24) is 4.90 Å². The number of ether oxygens (including phenoxy) is 3. The number of alkyl halides is 1. The van der Waals surface area contributed by atoms with Gasteiger partial charge in [-0.15, -0.1) is 11.6 Å². The normalized spacial score (nSPS) is 16.8. The lowest BCUT2D eigenvalue weighted by molar-refractivity contribution is 0.00465. The van der Waals surface area contributed by atoms with Crippen LogP contribution >= 0.6 is 34.8 Å². The van der Waals surface area contributed by atoms with Gasteiger partial charge in [-0.2, -0.15) is 0 Å². The third kappa shape index (κ3) is 7.37. The zero-order valence-corrected chi connectivity index (χ0v) is 21.7. The highest BCUT2D eigenvalue weighted by Gasteiger charge is 2.26. The second-order valence-electron chi connectivity index (χ2n) is 8.92. The zero-order chi connectivity index (χ0) is 24.7. The molecule has 0 saturated carbocycles. The van der Waals surface area contributed by atoms with E-state index in [-0.39, 0.29) is 19.1 Å². The summed E-state index contributed by atoms with van der Waals surface area (Å²) < 4.78 is 16.7. The van der Waals surface area contributed by atoms with Crippen LogP contribution in [0.2, 0.25) is 10.0 Å². The first-order chi connectivity index (χ1) is 16.2. The standard InChI is InChI=1S/C25H32Cl3NO5/c1-25(2,18-11-22(27)24(23(28)12-18)34-15-19(30)13-26)17-3-5-21(6-4-17)33-16-20(31)14-29-7-9-32-10-8-29/h3-6,11-12,19-20,30-31H,7-10,13-16H2,1-2H3/t19-,20+/m0/s1. The minimum atomic E-state index is -0.800. The molecule has 0 aliphatic carbocycles. The summed E-state index contributed by atoms with van der Waals surface area (Å²) in [5.74, 6) is 1.08. The van der Waals surface area contributed by atoms with Crippen LogP contribution in [-0.4, -0.2) is 79.3 Å². The van der Waals surface area contributed by atoms with Crippen LogP contribution in [0.1, 0.15) is 25.0 Å². The molecular formula is C25H32Cl3NO5. The highest BCUT2D eigenvalue weighted by Crippen LogP contribution is 2.40. The molecule has 0 aromatic heterocycles. The zero-order valence-electron chi connectivity index (χ0n) is 19.5. The molecule has 1 heterocycles. The van der Waals surface area contributed by atoms with E-state index in [4.69, 9.17) is 49.0 Å². The van der Waals surface area contributed by atoms with Crippen LogP contribution < -0.4 is 9.47 Å². The average Bonchev–Trinajstić information content (AvgIpc) is 2.82. The van der Waals surface area contributed by atoms with Crippen molar-refractivity contribution in [1.29, 1.82) is 0 Å². The molecule has 3 rings (SSSR count). The monoisotopic (exact) mass is 531 g/mol.